The van der Waals surface area contributed by atoms with E-state index in [1.54, 1.807) is 19.4 Å². The van der Waals surface area contributed by atoms with Crippen LogP contribution in [0.5, 0.6) is 17.4 Å². The van der Waals surface area contributed by atoms with E-state index in [4.69, 9.17) is 19.3 Å². The van der Waals surface area contributed by atoms with E-state index in [-0.39, 0.29) is 18.4 Å². The van der Waals surface area contributed by atoms with Crippen LogP contribution in [-0.2, 0) is 11.2 Å². The van der Waals surface area contributed by atoms with Gasteiger partial charge >= 0.3 is 5.97 Å². The van der Waals surface area contributed by atoms with Gasteiger partial charge in [-0.25, -0.2) is 4.98 Å². The van der Waals surface area contributed by atoms with Gasteiger partial charge in [0.15, 0.2) is 0 Å². The van der Waals surface area contributed by atoms with Gasteiger partial charge in [0.05, 0.1) is 20.1 Å². The monoisotopic (exact) mass is 445 g/mol. The Bertz CT molecular complexity index is 1210. The summed E-state index contributed by atoms with van der Waals surface area (Å²) in [6, 6.07) is 12.4. The van der Waals surface area contributed by atoms with Crippen molar-refractivity contribution in [3.63, 3.8) is 0 Å². The number of carboxylic acid groups (broad SMARTS) is 1. The third-order valence-electron chi connectivity index (χ3n) is 6.66. The molecule has 2 aliphatic rings. The van der Waals surface area contributed by atoms with Crippen LogP contribution in [0.3, 0.4) is 0 Å². The maximum atomic E-state index is 11.1. The van der Waals surface area contributed by atoms with Crippen LogP contribution < -0.4 is 14.2 Å². The normalized spacial score (nSPS) is 18.4. The minimum atomic E-state index is -0.836. The fourth-order valence-electron chi connectivity index (χ4n) is 5.17. The molecule has 33 heavy (non-hydrogen) atoms. The number of carbonyl (C=O) groups is 1. The first-order valence-corrected chi connectivity index (χ1v) is 11.2. The number of nitrogens with zero attached hydrogens (tertiary/aromatic N) is 1. The Morgan fingerprint density at radius 2 is 1.97 bits per heavy atom. The van der Waals surface area contributed by atoms with Crippen LogP contribution in [0.4, 0.5) is 0 Å². The quantitative estimate of drug-likeness (QED) is 0.548. The molecule has 1 aliphatic heterocycles. The summed E-state index contributed by atoms with van der Waals surface area (Å²) in [5.74, 6) is 1.05. The van der Waals surface area contributed by atoms with Crippen LogP contribution in [0.2, 0.25) is 0 Å². The van der Waals surface area contributed by atoms with Crippen LogP contribution in [0, 0.1) is 13.8 Å². The van der Waals surface area contributed by atoms with E-state index in [1.807, 2.05) is 0 Å². The van der Waals surface area contributed by atoms with Crippen molar-refractivity contribution in [3.8, 4) is 28.5 Å². The van der Waals surface area contributed by atoms with Crippen molar-refractivity contribution in [2.24, 2.45) is 0 Å². The Labute approximate surface area is 193 Å². The first kappa shape index (κ1) is 21.3. The molecular weight excluding hydrogens is 418 g/mol. The van der Waals surface area contributed by atoms with Crippen molar-refractivity contribution in [2.45, 2.75) is 45.1 Å². The number of carboxylic acids is 1. The molecule has 2 heterocycles. The molecular formula is C27H27NO5. The molecule has 6 heteroatoms. The highest BCUT2D eigenvalue weighted by Gasteiger charge is 2.30. The predicted molar refractivity (Wildman–Crippen MR) is 124 cm³/mol. The van der Waals surface area contributed by atoms with E-state index in [2.05, 4.69) is 49.2 Å². The molecule has 1 aliphatic carbocycles. The predicted octanol–water partition coefficient (Wildman–Crippen LogP) is 5.39. The van der Waals surface area contributed by atoms with Crippen LogP contribution in [0.25, 0.3) is 11.1 Å². The molecule has 0 radical (unpaired) electrons. The van der Waals surface area contributed by atoms with Gasteiger partial charge in [0.2, 0.25) is 5.88 Å². The van der Waals surface area contributed by atoms with Gasteiger partial charge in [-0.15, -0.1) is 0 Å². The van der Waals surface area contributed by atoms with Gasteiger partial charge in [-0.3, -0.25) is 4.79 Å². The third kappa shape index (κ3) is 3.90. The third-order valence-corrected chi connectivity index (χ3v) is 6.66. The molecule has 2 aromatic carbocycles. The van der Waals surface area contributed by atoms with Crippen LogP contribution in [0.15, 0.2) is 42.6 Å². The fourth-order valence-corrected chi connectivity index (χ4v) is 5.17. The fraction of sp³-hybridized carbons (Fsp3) is 0.333. The molecule has 1 N–H and O–H groups in total. The number of methoxy groups -OCH3 is 1. The summed E-state index contributed by atoms with van der Waals surface area (Å²) in [5.41, 5.74) is 8.23. The van der Waals surface area contributed by atoms with Crippen molar-refractivity contribution >= 4 is 5.97 Å². The lowest BCUT2D eigenvalue weighted by Gasteiger charge is -2.18. The molecule has 3 aromatic rings. The highest BCUT2D eigenvalue weighted by Crippen LogP contribution is 2.43. The molecule has 170 valence electrons. The summed E-state index contributed by atoms with van der Waals surface area (Å²) in [7, 11) is 1.69. The second-order valence-corrected chi connectivity index (χ2v) is 8.82. The average Bonchev–Trinajstić information content (AvgIpc) is 3.37. The summed E-state index contributed by atoms with van der Waals surface area (Å²) in [6.07, 6.45) is 3.46. The number of rotatable bonds is 6. The maximum absolute atomic E-state index is 11.1. The summed E-state index contributed by atoms with van der Waals surface area (Å²) in [5, 5.41) is 9.10. The molecule has 5 rings (SSSR count). The van der Waals surface area contributed by atoms with Crippen molar-refractivity contribution in [3.05, 3.63) is 70.4 Å². The second-order valence-electron chi connectivity index (χ2n) is 8.82. The minimum Gasteiger partial charge on any atom is -0.497 e. The smallest absolute Gasteiger partial charge is 0.304 e. The number of pyridine rings is 1. The molecule has 0 fully saturated rings. The van der Waals surface area contributed by atoms with Crippen molar-refractivity contribution in [1.29, 1.82) is 0 Å². The molecule has 0 bridgehead atoms. The number of benzene rings is 2. The largest absolute Gasteiger partial charge is 0.497 e. The molecule has 2 atom stereocenters. The first-order valence-electron chi connectivity index (χ1n) is 11.2. The number of fused-ring (bicyclic) bond motifs is 2. The number of ether oxygens (including phenoxy) is 3. The first-order chi connectivity index (χ1) is 15.9. The SMILES string of the molecule is COc1cc(C)c(-c2cccc3c2CCC3Oc2cc3c(cn2)C(CC(=O)O)CO3)c(C)c1. The Morgan fingerprint density at radius 1 is 1.18 bits per heavy atom. The topological polar surface area (TPSA) is 77.9 Å². The number of hydrogen-bond acceptors (Lipinski definition) is 5. The Morgan fingerprint density at radius 3 is 2.70 bits per heavy atom. The minimum absolute atomic E-state index is 0.0395. The van der Waals surface area contributed by atoms with Gasteiger partial charge in [0, 0.05) is 23.7 Å². The number of aromatic nitrogens is 1. The summed E-state index contributed by atoms with van der Waals surface area (Å²) in [6.45, 7) is 4.61. The number of hydrogen-bond donors (Lipinski definition) is 1. The standard InChI is InChI=1S/C27H27NO5/c1-15-9-18(31-3)10-16(2)27(15)21-6-4-5-20-19(21)7-8-23(20)33-25-12-24-22(13-28-25)17(14-32-24)11-26(29)30/h4-6,9-10,12-13,17,23H,7-8,11,14H2,1-3H3,(H,29,30). The highest BCUT2D eigenvalue weighted by molar-refractivity contribution is 5.76. The van der Waals surface area contributed by atoms with E-state index in [9.17, 15) is 4.79 Å². The molecule has 1 aromatic heterocycles. The van der Waals surface area contributed by atoms with E-state index in [0.717, 1.165) is 24.2 Å². The van der Waals surface area contributed by atoms with Gasteiger partial charge < -0.3 is 19.3 Å². The zero-order chi connectivity index (χ0) is 23.1. The number of aliphatic carboxylic acids is 1. The Kier molecular flexibility index (Phi) is 5.44. The Hall–Kier alpha value is -3.54. The van der Waals surface area contributed by atoms with Gasteiger partial charge in [-0.2, -0.15) is 0 Å². The van der Waals surface area contributed by atoms with E-state index < -0.39 is 5.97 Å². The van der Waals surface area contributed by atoms with E-state index in [1.165, 1.54) is 33.4 Å². The summed E-state index contributed by atoms with van der Waals surface area (Å²) >= 11 is 0. The average molecular weight is 446 g/mol. The molecule has 2 unspecified atom stereocenters. The summed E-state index contributed by atoms with van der Waals surface area (Å²) in [4.78, 5) is 15.5. The second kappa shape index (κ2) is 8.43. The van der Waals surface area contributed by atoms with Crippen molar-refractivity contribution in [2.75, 3.05) is 13.7 Å². The van der Waals surface area contributed by atoms with Gasteiger partial charge in [0.1, 0.15) is 17.6 Å². The van der Waals surface area contributed by atoms with Gasteiger partial charge in [0.25, 0.3) is 0 Å². The van der Waals surface area contributed by atoms with E-state index in [0.29, 0.717) is 18.2 Å². The molecule has 0 saturated carbocycles. The number of aryl methyl sites for hydroxylation is 2. The zero-order valence-corrected chi connectivity index (χ0v) is 19.1. The van der Waals surface area contributed by atoms with Crippen LogP contribution in [0.1, 0.15) is 52.7 Å². The Balaban J connectivity index is 1.42. The van der Waals surface area contributed by atoms with Crippen LogP contribution >= 0.6 is 0 Å². The van der Waals surface area contributed by atoms with Crippen molar-refractivity contribution < 1.29 is 24.1 Å². The summed E-state index contributed by atoms with van der Waals surface area (Å²) < 4.78 is 17.5. The zero-order valence-electron chi connectivity index (χ0n) is 19.1. The van der Waals surface area contributed by atoms with Crippen molar-refractivity contribution in [1.82, 2.24) is 4.98 Å². The molecule has 6 nitrogen and oxygen atoms in total. The van der Waals surface area contributed by atoms with Crippen LogP contribution in [-0.4, -0.2) is 29.8 Å². The van der Waals surface area contributed by atoms with E-state index >= 15 is 0 Å². The molecule has 0 saturated heterocycles. The highest BCUT2D eigenvalue weighted by atomic mass is 16.5. The maximum Gasteiger partial charge on any atom is 0.304 e. The lowest BCUT2D eigenvalue weighted by molar-refractivity contribution is -0.137. The lowest BCUT2D eigenvalue weighted by Crippen LogP contribution is -2.07. The van der Waals surface area contributed by atoms with Gasteiger partial charge in [-0.1, -0.05) is 18.2 Å². The lowest BCUT2D eigenvalue weighted by atomic mass is 9.90. The molecule has 0 spiro atoms. The molecule has 0 amide bonds. The van der Waals surface area contributed by atoms with Gasteiger partial charge in [-0.05, 0) is 72.2 Å².